The van der Waals surface area contributed by atoms with Gasteiger partial charge in [0, 0.05) is 65.4 Å². The molecule has 0 aliphatic carbocycles. The average molecular weight is 571 g/mol. The summed E-state index contributed by atoms with van der Waals surface area (Å²) in [5.41, 5.74) is 9.95. The van der Waals surface area contributed by atoms with Crippen molar-refractivity contribution in [3.63, 3.8) is 0 Å². The van der Waals surface area contributed by atoms with E-state index in [1.807, 2.05) is 42.5 Å². The lowest BCUT2D eigenvalue weighted by atomic mass is 10.1. The number of carbonyl (C=O) groups excluding carboxylic acids is 1. The highest BCUT2D eigenvalue weighted by Gasteiger charge is 2.17. The molecule has 1 aliphatic rings. The predicted octanol–water partition coefficient (Wildman–Crippen LogP) is 5.94. The second-order valence-electron chi connectivity index (χ2n) is 9.61. The Bertz CT molecular complexity index is 1420. The van der Waals surface area contributed by atoms with Crippen molar-refractivity contribution >= 4 is 33.7 Å². The summed E-state index contributed by atoms with van der Waals surface area (Å²) in [6, 6.07) is 28.6. The third kappa shape index (κ3) is 5.90. The van der Waals surface area contributed by atoms with Crippen LogP contribution >= 0.6 is 15.9 Å². The molecule has 7 heteroatoms. The number of rotatable bonds is 7. The van der Waals surface area contributed by atoms with Crippen LogP contribution in [0.3, 0.4) is 0 Å². The van der Waals surface area contributed by atoms with Gasteiger partial charge in [0.1, 0.15) is 0 Å². The molecule has 6 nitrogen and oxygen atoms in total. The minimum atomic E-state index is -0.219. The van der Waals surface area contributed by atoms with Crippen LogP contribution in [0.2, 0.25) is 0 Å². The van der Waals surface area contributed by atoms with E-state index >= 15 is 0 Å². The number of hydrazone groups is 1. The van der Waals surface area contributed by atoms with E-state index in [4.69, 9.17) is 0 Å². The fourth-order valence-electron chi connectivity index (χ4n) is 4.97. The molecule has 38 heavy (non-hydrogen) atoms. The minimum absolute atomic E-state index is 0.219. The summed E-state index contributed by atoms with van der Waals surface area (Å²) in [6.45, 7) is 9.08. The lowest BCUT2D eigenvalue weighted by Gasteiger charge is -2.36. The van der Waals surface area contributed by atoms with Crippen molar-refractivity contribution < 1.29 is 4.79 Å². The number of carbonyl (C=O) groups is 1. The Morgan fingerprint density at radius 3 is 2.32 bits per heavy atom. The molecule has 0 radical (unpaired) electrons. The average Bonchev–Trinajstić information content (AvgIpc) is 3.22. The van der Waals surface area contributed by atoms with Crippen LogP contribution in [0.25, 0.3) is 5.69 Å². The molecular formula is C31H32BrN5O. The highest BCUT2D eigenvalue weighted by molar-refractivity contribution is 9.10. The Kier molecular flexibility index (Phi) is 8.05. The summed E-state index contributed by atoms with van der Waals surface area (Å²) in [5, 5.41) is 4.23. The Labute approximate surface area is 232 Å². The number of nitrogens with zero attached hydrogens (tertiary/aromatic N) is 4. The number of anilines is 1. The van der Waals surface area contributed by atoms with E-state index in [9.17, 15) is 4.79 Å². The first kappa shape index (κ1) is 25.9. The van der Waals surface area contributed by atoms with Gasteiger partial charge in [-0.2, -0.15) is 5.10 Å². The molecule has 5 rings (SSSR count). The minimum Gasteiger partial charge on any atom is -0.369 e. The van der Waals surface area contributed by atoms with Gasteiger partial charge in [-0.15, -0.1) is 0 Å². The summed E-state index contributed by atoms with van der Waals surface area (Å²) >= 11 is 3.64. The maximum absolute atomic E-state index is 12.7. The Hall–Kier alpha value is -3.68. The van der Waals surface area contributed by atoms with Gasteiger partial charge in [-0.3, -0.25) is 9.69 Å². The second-order valence-corrected chi connectivity index (χ2v) is 10.5. The van der Waals surface area contributed by atoms with Crippen molar-refractivity contribution in [2.24, 2.45) is 5.10 Å². The molecule has 1 amide bonds. The summed E-state index contributed by atoms with van der Waals surface area (Å²) in [5.74, 6) is -0.219. The van der Waals surface area contributed by atoms with Crippen LogP contribution in [-0.4, -0.2) is 47.8 Å². The Balaban J connectivity index is 1.15. The van der Waals surface area contributed by atoms with Gasteiger partial charge < -0.3 is 9.47 Å². The van der Waals surface area contributed by atoms with E-state index < -0.39 is 0 Å². The van der Waals surface area contributed by atoms with E-state index in [1.54, 1.807) is 6.21 Å². The molecule has 1 saturated heterocycles. The monoisotopic (exact) mass is 569 g/mol. The number of amides is 1. The number of benzene rings is 3. The van der Waals surface area contributed by atoms with Gasteiger partial charge in [0.15, 0.2) is 0 Å². The van der Waals surface area contributed by atoms with E-state index in [-0.39, 0.29) is 5.91 Å². The third-order valence-corrected chi connectivity index (χ3v) is 7.72. The summed E-state index contributed by atoms with van der Waals surface area (Å²) in [7, 11) is 0. The molecule has 0 unspecified atom stereocenters. The number of nitrogens with one attached hydrogen (secondary N) is 1. The van der Waals surface area contributed by atoms with E-state index in [0.717, 1.165) is 59.8 Å². The maximum Gasteiger partial charge on any atom is 0.271 e. The van der Waals surface area contributed by atoms with Crippen LogP contribution in [0.5, 0.6) is 0 Å². The lowest BCUT2D eigenvalue weighted by molar-refractivity contribution is 0.0955. The van der Waals surface area contributed by atoms with Crippen molar-refractivity contribution in [3.8, 4) is 5.69 Å². The first-order valence-electron chi connectivity index (χ1n) is 12.9. The number of para-hydroxylation sites is 2. The molecule has 0 spiro atoms. The third-order valence-electron chi connectivity index (χ3n) is 7.05. The van der Waals surface area contributed by atoms with Gasteiger partial charge in [-0.1, -0.05) is 42.5 Å². The lowest BCUT2D eigenvalue weighted by Crippen LogP contribution is -2.45. The molecule has 0 saturated carbocycles. The van der Waals surface area contributed by atoms with Gasteiger partial charge in [0.2, 0.25) is 0 Å². The van der Waals surface area contributed by atoms with Crippen molar-refractivity contribution in [1.29, 1.82) is 0 Å². The molecule has 4 aromatic rings. The first-order chi connectivity index (χ1) is 18.5. The number of aryl methyl sites for hydroxylation is 1. The zero-order chi connectivity index (χ0) is 26.5. The largest absolute Gasteiger partial charge is 0.369 e. The van der Waals surface area contributed by atoms with Crippen molar-refractivity contribution in [2.45, 2.75) is 20.4 Å². The van der Waals surface area contributed by atoms with Crippen LogP contribution < -0.4 is 10.3 Å². The van der Waals surface area contributed by atoms with Gasteiger partial charge in [0.25, 0.3) is 5.91 Å². The molecule has 1 fully saturated rings. The quantitative estimate of drug-likeness (QED) is 0.221. The molecule has 194 valence electrons. The fraction of sp³-hybridized carbons (Fsp3) is 0.226. The van der Waals surface area contributed by atoms with Crippen molar-refractivity contribution in [2.75, 3.05) is 31.1 Å². The molecule has 1 N–H and O–H groups in total. The zero-order valence-corrected chi connectivity index (χ0v) is 23.4. The molecule has 3 aromatic carbocycles. The van der Waals surface area contributed by atoms with Crippen LogP contribution in [0.1, 0.15) is 32.9 Å². The molecule has 1 aromatic heterocycles. The summed E-state index contributed by atoms with van der Waals surface area (Å²) < 4.78 is 3.20. The second kappa shape index (κ2) is 11.8. The fourth-order valence-corrected chi connectivity index (χ4v) is 5.43. The van der Waals surface area contributed by atoms with Crippen molar-refractivity contribution in [3.05, 3.63) is 117 Å². The van der Waals surface area contributed by atoms with Gasteiger partial charge in [0.05, 0.1) is 11.9 Å². The van der Waals surface area contributed by atoms with Crippen LogP contribution in [-0.2, 0) is 6.54 Å². The van der Waals surface area contributed by atoms with Gasteiger partial charge >= 0.3 is 0 Å². The number of aromatic nitrogens is 1. The number of hydrogen-bond acceptors (Lipinski definition) is 4. The van der Waals surface area contributed by atoms with E-state index in [0.29, 0.717) is 5.56 Å². The highest BCUT2D eigenvalue weighted by atomic mass is 79.9. The smallest absolute Gasteiger partial charge is 0.271 e. The highest BCUT2D eigenvalue weighted by Crippen LogP contribution is 2.26. The van der Waals surface area contributed by atoms with Gasteiger partial charge in [-0.25, -0.2) is 5.43 Å². The molecule has 0 bridgehead atoms. The van der Waals surface area contributed by atoms with Crippen molar-refractivity contribution in [1.82, 2.24) is 14.9 Å². The SMILES string of the molecule is Cc1cc(/C=N\NC(=O)c2ccc(CN3CCN(c4ccccc4)CC3)cc2)c(C)n1-c1ccccc1Br. The van der Waals surface area contributed by atoms with Crippen LogP contribution in [0, 0.1) is 13.8 Å². The van der Waals surface area contributed by atoms with E-state index in [2.05, 4.69) is 97.1 Å². The molecule has 0 atom stereocenters. The molecule has 2 heterocycles. The summed E-state index contributed by atoms with van der Waals surface area (Å²) in [4.78, 5) is 17.6. The van der Waals surface area contributed by atoms with Crippen LogP contribution in [0.15, 0.2) is 94.5 Å². The maximum atomic E-state index is 12.7. The summed E-state index contributed by atoms with van der Waals surface area (Å²) in [6.07, 6.45) is 1.71. The first-order valence-corrected chi connectivity index (χ1v) is 13.7. The standard InChI is InChI=1S/C31H32BrN5O/c1-23-20-27(24(2)37(23)30-11-7-6-10-29(30)32)21-33-34-31(38)26-14-12-25(13-15-26)22-35-16-18-36(19-17-35)28-8-4-3-5-9-28/h3-15,20-21H,16-19,22H2,1-2H3,(H,34,38)/b33-21-. The van der Waals surface area contributed by atoms with Crippen LogP contribution in [0.4, 0.5) is 5.69 Å². The Morgan fingerprint density at radius 1 is 0.921 bits per heavy atom. The number of piperazine rings is 1. The normalized spacial score (nSPS) is 14.2. The topological polar surface area (TPSA) is 52.9 Å². The molecule has 1 aliphatic heterocycles. The molecular weight excluding hydrogens is 538 g/mol. The number of halogens is 1. The predicted molar refractivity (Wildman–Crippen MR) is 158 cm³/mol. The number of hydrogen-bond donors (Lipinski definition) is 1. The van der Waals surface area contributed by atoms with Gasteiger partial charge in [-0.05, 0) is 77.8 Å². The zero-order valence-electron chi connectivity index (χ0n) is 21.8. The Morgan fingerprint density at radius 2 is 1.61 bits per heavy atom. The van der Waals surface area contributed by atoms with E-state index in [1.165, 1.54) is 11.3 Å².